The van der Waals surface area contributed by atoms with Crippen LogP contribution in [0.1, 0.15) is 11.3 Å². The van der Waals surface area contributed by atoms with Gasteiger partial charge in [-0.05, 0) is 35.9 Å². The highest BCUT2D eigenvalue weighted by molar-refractivity contribution is 9.10. The Morgan fingerprint density at radius 1 is 1.23 bits per heavy atom. The van der Waals surface area contributed by atoms with Crippen LogP contribution in [0.3, 0.4) is 0 Å². The lowest BCUT2D eigenvalue weighted by molar-refractivity contribution is -0.414. The van der Waals surface area contributed by atoms with Crippen molar-refractivity contribution >= 4 is 39.4 Å². The highest BCUT2D eigenvalue weighted by atomic mass is 79.9. The molecule has 152 valence electrons. The molecule has 2 aromatic heterocycles. The van der Waals surface area contributed by atoms with Crippen LogP contribution in [-0.2, 0) is 6.54 Å². The van der Waals surface area contributed by atoms with Crippen molar-refractivity contribution in [3.05, 3.63) is 91.5 Å². The predicted octanol–water partition coefficient (Wildman–Crippen LogP) is 5.29. The molecule has 9 heteroatoms. The number of hydrogen-bond donors (Lipinski definition) is 0. The number of halogens is 2. The summed E-state index contributed by atoms with van der Waals surface area (Å²) in [5, 5.41) is 12.2. The summed E-state index contributed by atoms with van der Waals surface area (Å²) in [6.45, 7) is 1.53. The SMILES string of the molecule is O=[N+]([O-])/C(=C/c1ccc(-c2ccc(Br)cc2)o1)C1=NCCN1Cc1ccc(Cl)nc1. The molecule has 7 nitrogen and oxygen atoms in total. The fraction of sp³-hybridized carbons (Fsp3) is 0.143. The van der Waals surface area contributed by atoms with Gasteiger partial charge in [-0.15, -0.1) is 0 Å². The lowest BCUT2D eigenvalue weighted by Crippen LogP contribution is -2.30. The van der Waals surface area contributed by atoms with Gasteiger partial charge >= 0.3 is 5.70 Å². The monoisotopic (exact) mass is 486 g/mol. The van der Waals surface area contributed by atoms with Crippen LogP contribution in [0.15, 0.2) is 74.3 Å². The highest BCUT2D eigenvalue weighted by Gasteiger charge is 2.29. The fourth-order valence-corrected chi connectivity index (χ4v) is 3.51. The molecular formula is C21H16BrClN4O3. The average Bonchev–Trinajstić information content (AvgIpc) is 3.38. The molecule has 0 radical (unpaired) electrons. The molecule has 0 spiro atoms. The van der Waals surface area contributed by atoms with Gasteiger partial charge < -0.3 is 9.32 Å². The summed E-state index contributed by atoms with van der Waals surface area (Å²) in [6, 6.07) is 14.7. The van der Waals surface area contributed by atoms with Crippen LogP contribution in [0.25, 0.3) is 17.4 Å². The maximum absolute atomic E-state index is 11.8. The number of nitro groups is 1. The van der Waals surface area contributed by atoms with E-state index in [1.165, 1.54) is 6.08 Å². The van der Waals surface area contributed by atoms with Crippen LogP contribution < -0.4 is 0 Å². The number of aliphatic imine (C=N–C) groups is 1. The summed E-state index contributed by atoms with van der Waals surface area (Å²) in [7, 11) is 0. The van der Waals surface area contributed by atoms with E-state index in [4.69, 9.17) is 16.0 Å². The molecule has 3 aromatic rings. The van der Waals surface area contributed by atoms with Gasteiger partial charge in [0, 0.05) is 29.3 Å². The largest absolute Gasteiger partial charge is 0.456 e. The summed E-state index contributed by atoms with van der Waals surface area (Å²) < 4.78 is 6.78. The van der Waals surface area contributed by atoms with E-state index >= 15 is 0 Å². The van der Waals surface area contributed by atoms with E-state index in [0.717, 1.165) is 15.6 Å². The molecule has 3 heterocycles. The predicted molar refractivity (Wildman–Crippen MR) is 119 cm³/mol. The van der Waals surface area contributed by atoms with Crippen LogP contribution in [0.5, 0.6) is 0 Å². The third-order valence-corrected chi connectivity index (χ3v) is 5.31. The summed E-state index contributed by atoms with van der Waals surface area (Å²) in [6.07, 6.45) is 3.07. The number of hydrogen-bond acceptors (Lipinski definition) is 6. The molecule has 1 aliphatic rings. The summed E-state index contributed by atoms with van der Waals surface area (Å²) in [5.41, 5.74) is 1.67. The first-order valence-corrected chi connectivity index (χ1v) is 10.3. The van der Waals surface area contributed by atoms with Crippen LogP contribution >= 0.6 is 27.5 Å². The molecule has 0 N–H and O–H groups in total. The van der Waals surface area contributed by atoms with Gasteiger partial charge in [0.05, 0.1) is 17.5 Å². The molecule has 1 aromatic carbocycles. The van der Waals surface area contributed by atoms with E-state index in [9.17, 15) is 10.1 Å². The Morgan fingerprint density at radius 2 is 2.03 bits per heavy atom. The standard InChI is InChI=1S/C21H16BrClN4O3/c22-16-4-2-15(3-5-16)19-7-6-17(30-19)11-18(27(28)29)21-24-9-10-26(21)13-14-1-8-20(23)25-12-14/h1-8,11-12H,9-10,13H2/b18-11+. The van der Waals surface area contributed by atoms with Crippen molar-refractivity contribution in [2.75, 3.05) is 13.1 Å². The topological polar surface area (TPSA) is 84.8 Å². The molecule has 0 amide bonds. The van der Waals surface area contributed by atoms with Gasteiger partial charge in [-0.25, -0.2) is 4.98 Å². The molecular weight excluding hydrogens is 472 g/mol. The first-order chi connectivity index (χ1) is 14.5. The van der Waals surface area contributed by atoms with E-state index in [0.29, 0.717) is 42.1 Å². The third kappa shape index (κ3) is 4.60. The Labute approximate surface area is 186 Å². The lowest BCUT2D eigenvalue weighted by atomic mass is 10.2. The minimum absolute atomic E-state index is 0.105. The first kappa shape index (κ1) is 20.3. The number of aromatic nitrogens is 1. The molecule has 0 fully saturated rings. The molecule has 0 saturated heterocycles. The fourth-order valence-electron chi connectivity index (χ4n) is 3.13. The second kappa shape index (κ2) is 8.81. The molecule has 0 saturated carbocycles. The molecule has 0 unspecified atom stereocenters. The van der Waals surface area contributed by atoms with Crippen LogP contribution in [-0.4, -0.2) is 33.7 Å². The minimum Gasteiger partial charge on any atom is -0.456 e. The van der Waals surface area contributed by atoms with E-state index in [1.54, 1.807) is 24.4 Å². The van der Waals surface area contributed by atoms with Crippen LogP contribution in [0.4, 0.5) is 0 Å². The van der Waals surface area contributed by atoms with Crippen LogP contribution in [0, 0.1) is 10.1 Å². The second-order valence-electron chi connectivity index (χ2n) is 6.61. The van der Waals surface area contributed by atoms with Crippen molar-refractivity contribution < 1.29 is 9.34 Å². The molecule has 0 bridgehead atoms. The Bertz CT molecular complexity index is 1120. The Hall–Kier alpha value is -2.97. The zero-order valence-corrected chi connectivity index (χ0v) is 18.0. The smallest absolute Gasteiger partial charge is 0.314 e. The van der Waals surface area contributed by atoms with E-state index in [2.05, 4.69) is 25.9 Å². The summed E-state index contributed by atoms with van der Waals surface area (Å²) in [5.74, 6) is 1.35. The highest BCUT2D eigenvalue weighted by Crippen LogP contribution is 2.26. The van der Waals surface area contributed by atoms with Crippen molar-refractivity contribution in [1.29, 1.82) is 0 Å². The molecule has 0 atom stereocenters. The summed E-state index contributed by atoms with van der Waals surface area (Å²) in [4.78, 5) is 21.7. The Morgan fingerprint density at radius 3 is 2.73 bits per heavy atom. The Balaban J connectivity index is 1.58. The molecule has 1 aliphatic heterocycles. The normalized spacial score (nSPS) is 14.1. The quantitative estimate of drug-likeness (QED) is 0.268. The maximum atomic E-state index is 11.8. The second-order valence-corrected chi connectivity index (χ2v) is 7.91. The van der Waals surface area contributed by atoms with Gasteiger partial charge in [-0.1, -0.05) is 45.7 Å². The van der Waals surface area contributed by atoms with Gasteiger partial charge in [0.2, 0.25) is 5.84 Å². The number of furan rings is 1. The number of amidine groups is 1. The third-order valence-electron chi connectivity index (χ3n) is 4.55. The average molecular weight is 488 g/mol. The zero-order valence-electron chi connectivity index (χ0n) is 15.7. The summed E-state index contributed by atoms with van der Waals surface area (Å²) >= 11 is 9.23. The number of nitrogens with zero attached hydrogens (tertiary/aromatic N) is 4. The lowest BCUT2D eigenvalue weighted by Gasteiger charge is -2.18. The van der Waals surface area contributed by atoms with Gasteiger partial charge in [0.15, 0.2) is 0 Å². The number of pyridine rings is 1. The van der Waals surface area contributed by atoms with Crippen molar-refractivity contribution in [3.63, 3.8) is 0 Å². The van der Waals surface area contributed by atoms with Crippen molar-refractivity contribution in [1.82, 2.24) is 9.88 Å². The van der Waals surface area contributed by atoms with Gasteiger partial charge in [0.25, 0.3) is 0 Å². The van der Waals surface area contributed by atoms with Crippen molar-refractivity contribution in [2.24, 2.45) is 4.99 Å². The van der Waals surface area contributed by atoms with Gasteiger partial charge in [-0.3, -0.25) is 15.1 Å². The minimum atomic E-state index is -0.431. The molecule has 4 rings (SSSR count). The van der Waals surface area contributed by atoms with Crippen LogP contribution in [0.2, 0.25) is 5.15 Å². The molecule has 30 heavy (non-hydrogen) atoms. The Kier molecular flexibility index (Phi) is 5.96. The van der Waals surface area contributed by atoms with Gasteiger partial charge in [0.1, 0.15) is 16.7 Å². The van der Waals surface area contributed by atoms with E-state index in [-0.39, 0.29) is 5.70 Å². The number of benzene rings is 1. The first-order valence-electron chi connectivity index (χ1n) is 9.11. The van der Waals surface area contributed by atoms with Crippen molar-refractivity contribution in [2.45, 2.75) is 6.54 Å². The van der Waals surface area contributed by atoms with Crippen molar-refractivity contribution in [3.8, 4) is 11.3 Å². The van der Waals surface area contributed by atoms with E-state index < -0.39 is 4.92 Å². The zero-order chi connectivity index (χ0) is 21.1. The van der Waals surface area contributed by atoms with Gasteiger partial charge in [-0.2, -0.15) is 0 Å². The number of rotatable bonds is 6. The maximum Gasteiger partial charge on any atom is 0.314 e. The van der Waals surface area contributed by atoms with E-state index in [1.807, 2.05) is 35.2 Å². The molecule has 0 aliphatic carbocycles.